The number of H-pyrrole nitrogens is 2. The van der Waals surface area contributed by atoms with E-state index in [1.54, 1.807) is 28.5 Å². The van der Waals surface area contributed by atoms with Crippen molar-refractivity contribution >= 4 is 87.9 Å². The molecule has 0 bridgehead atoms. The Morgan fingerprint density at radius 1 is 0.588 bits per heavy atom. The van der Waals surface area contributed by atoms with Crippen LogP contribution in [0, 0.1) is 12.8 Å². The number of nitrogens with zero attached hydrogens (tertiary/aromatic N) is 13. The third kappa shape index (κ3) is 39.6. The highest BCUT2D eigenvalue weighted by molar-refractivity contribution is 5.91. The molecule has 4 aromatic heterocycles. The highest BCUT2D eigenvalue weighted by Gasteiger charge is 2.27. The summed E-state index contributed by atoms with van der Waals surface area (Å²) < 4.78 is 13.9. The van der Waals surface area contributed by atoms with Crippen LogP contribution in [0.1, 0.15) is 85.6 Å². The van der Waals surface area contributed by atoms with Crippen LogP contribution in [0.5, 0.6) is 0 Å². The Labute approximate surface area is 658 Å². The maximum absolute atomic E-state index is 13.8. The summed E-state index contributed by atoms with van der Waals surface area (Å²) in [5, 5.41) is 41.5. The molecule has 0 spiro atoms. The molecule has 0 radical (unpaired) electrons. The topological polar surface area (TPSA) is 598 Å². The quantitative estimate of drug-likeness (QED) is 0.0145. The second kappa shape index (κ2) is 53.3. The molecule has 0 saturated carbocycles. The molecule has 4 aromatic rings. The Morgan fingerprint density at radius 3 is 1.56 bits per heavy atom. The molecule has 8 amide bonds. The number of carboxylic acid groups (broad SMARTS) is 3. The van der Waals surface area contributed by atoms with E-state index in [1.165, 1.54) is 41.7 Å². The first kappa shape index (κ1) is 97.4. The highest BCUT2D eigenvalue weighted by Crippen LogP contribution is 2.15. The fourth-order valence-electron chi connectivity index (χ4n) is 10.9. The summed E-state index contributed by atoms with van der Waals surface area (Å²) in [7, 11) is 0. The number of aryl methyl sites for hydroxylation is 1. The number of carbonyl (C=O) groups is 12. The Morgan fingerprint density at radius 2 is 1.07 bits per heavy atom. The summed E-state index contributed by atoms with van der Waals surface area (Å²) in [6, 6.07) is 0.0132. The monoisotopic (exact) mass is 1610 g/mol. The van der Waals surface area contributed by atoms with Gasteiger partial charge < -0.3 is 87.8 Å². The van der Waals surface area contributed by atoms with Gasteiger partial charge in [-0.25, -0.2) is 24.5 Å². The van der Waals surface area contributed by atoms with Gasteiger partial charge in [0.2, 0.25) is 47.3 Å². The molecule has 1 saturated heterocycles. The first-order valence-electron chi connectivity index (χ1n) is 37.5. The lowest BCUT2D eigenvalue weighted by atomic mass is 10.1. The number of Topliss-reactive ketones (excluding diaryl/α,β-unsaturated/α-hetero) is 1. The predicted octanol–water partition coefficient (Wildman–Crippen LogP) is -6.38. The number of ketones is 1. The van der Waals surface area contributed by atoms with E-state index >= 15 is 0 Å². The number of ether oxygens (including phenoxy) is 2. The van der Waals surface area contributed by atoms with Gasteiger partial charge in [0.1, 0.15) is 50.9 Å². The summed E-state index contributed by atoms with van der Waals surface area (Å²) in [4.78, 5) is 226. The normalized spacial score (nSPS) is 13.6. The van der Waals surface area contributed by atoms with Gasteiger partial charge in [-0.05, 0) is 52.1 Å². The molecule has 16 N–H and O–H groups in total. The van der Waals surface area contributed by atoms with Crippen LogP contribution >= 0.6 is 0 Å². The number of aromatic nitrogens is 8. The van der Waals surface area contributed by atoms with Gasteiger partial charge in [-0.2, -0.15) is 0 Å². The number of carboxylic acids is 3. The van der Waals surface area contributed by atoms with Crippen molar-refractivity contribution < 1.29 is 82.3 Å². The Balaban J connectivity index is 0.000000649. The Kier molecular flexibility index (Phi) is 45.5. The molecule has 44 nitrogen and oxygen atoms in total. The number of hydrogen-bond acceptors (Lipinski definition) is 28. The van der Waals surface area contributed by atoms with Gasteiger partial charge in [-0.3, -0.25) is 106 Å². The number of unbranched alkanes of at least 4 members (excludes halogenated alkanes) is 1. The fourth-order valence-corrected chi connectivity index (χ4v) is 10.9. The number of imidazole rings is 1. The van der Waals surface area contributed by atoms with Crippen molar-refractivity contribution in [3.05, 3.63) is 78.4 Å². The largest absolute Gasteiger partial charge is 0.480 e. The number of nitrogens with one attached hydrogen (secondary N) is 7. The number of aliphatic carboxylic acids is 3. The van der Waals surface area contributed by atoms with E-state index in [0.29, 0.717) is 84.6 Å². The first-order valence-corrected chi connectivity index (χ1v) is 37.5. The maximum Gasteiger partial charge on any atom is 0.328 e. The smallest absolute Gasteiger partial charge is 0.328 e. The summed E-state index contributed by atoms with van der Waals surface area (Å²) in [6.45, 7) is 12.8. The number of aromatic amines is 2. The van der Waals surface area contributed by atoms with Gasteiger partial charge in [0, 0.05) is 121 Å². The van der Waals surface area contributed by atoms with Crippen molar-refractivity contribution in [2.75, 3.05) is 176 Å². The lowest BCUT2D eigenvalue weighted by molar-refractivity contribution is -0.140. The van der Waals surface area contributed by atoms with Crippen molar-refractivity contribution in [3.8, 4) is 0 Å². The van der Waals surface area contributed by atoms with Gasteiger partial charge in [0.15, 0.2) is 17.2 Å². The lowest BCUT2D eigenvalue weighted by Crippen LogP contribution is -2.51. The van der Waals surface area contributed by atoms with E-state index in [4.69, 9.17) is 26.7 Å². The minimum Gasteiger partial charge on any atom is -0.480 e. The van der Waals surface area contributed by atoms with Crippen LogP contribution in [0.25, 0.3) is 11.2 Å². The molecule has 636 valence electrons. The molecule has 1 aliphatic rings. The van der Waals surface area contributed by atoms with Gasteiger partial charge in [0.05, 0.1) is 65.4 Å². The average Bonchev–Trinajstić information content (AvgIpc) is 1.66. The first-order chi connectivity index (χ1) is 54.1. The molecule has 0 aliphatic carbocycles. The van der Waals surface area contributed by atoms with E-state index in [0.717, 1.165) is 31.2 Å². The van der Waals surface area contributed by atoms with Crippen LogP contribution in [0.3, 0.4) is 0 Å². The third-order valence-electron chi connectivity index (χ3n) is 16.9. The summed E-state index contributed by atoms with van der Waals surface area (Å²) in [5.74, 6) is -8.20. The Hall–Kier alpha value is -10.8. The minimum absolute atomic E-state index is 0.00344. The molecule has 1 aliphatic heterocycles. The molecule has 1 atom stereocenters. The summed E-state index contributed by atoms with van der Waals surface area (Å²) in [6.07, 6.45) is 8.43. The SMILES string of the molecule is CC(C)C(=O)COCCOCNC(=O)CN1CCCN(CC(=O)O)CCN(CC(=O)O)CCCN(CC(=O)O)CC1.CCC.Cc1cn(CC(=O)N(CCNC(C)C)CC(=O)NCCN(CC(=O)NCCN(CC(=O)NC(CCCCN)C(N)=O)C(=O)Cn2cnc3c(N)ncnc32)C(=O)Cn2ccc(=O)[nH]c2=O)c(=O)[nH]c1=O. The number of primary amides is 1. The van der Waals surface area contributed by atoms with Crippen LogP contribution in [0.4, 0.5) is 5.82 Å². The van der Waals surface area contributed by atoms with Crippen LogP contribution in [-0.4, -0.2) is 342 Å². The van der Waals surface area contributed by atoms with Gasteiger partial charge in [0.25, 0.3) is 11.1 Å². The number of nitrogens with two attached hydrogens (primary N) is 3. The van der Waals surface area contributed by atoms with Crippen molar-refractivity contribution in [2.24, 2.45) is 17.4 Å². The van der Waals surface area contributed by atoms with E-state index < -0.39 is 121 Å². The van der Waals surface area contributed by atoms with Crippen LogP contribution in [-0.2, 0) is 86.6 Å². The van der Waals surface area contributed by atoms with Gasteiger partial charge >= 0.3 is 29.3 Å². The van der Waals surface area contributed by atoms with E-state index in [9.17, 15) is 92.0 Å². The number of amides is 8. The minimum atomic E-state index is -1.05. The fraction of sp³-hybridized carbons (Fsp3) is 0.643. The molecule has 5 heterocycles. The van der Waals surface area contributed by atoms with Gasteiger partial charge in [-0.1, -0.05) is 48.0 Å². The third-order valence-corrected chi connectivity index (χ3v) is 16.9. The van der Waals surface area contributed by atoms with Gasteiger partial charge in [-0.15, -0.1) is 0 Å². The number of hydrogen-bond donors (Lipinski definition) is 13. The number of fused-ring (bicyclic) bond motifs is 1. The number of carbonyl (C=O) groups excluding carboxylic acids is 9. The molecular weight excluding hydrogens is 1500 g/mol. The summed E-state index contributed by atoms with van der Waals surface area (Å²) >= 11 is 0. The second-order valence-corrected chi connectivity index (χ2v) is 27.3. The Bertz CT molecular complexity index is 4010. The van der Waals surface area contributed by atoms with E-state index in [-0.39, 0.29) is 151 Å². The van der Waals surface area contributed by atoms with E-state index in [1.807, 2.05) is 23.7 Å². The second-order valence-electron chi connectivity index (χ2n) is 27.3. The zero-order chi connectivity index (χ0) is 84.8. The zero-order valence-corrected chi connectivity index (χ0v) is 66.1. The predicted molar refractivity (Wildman–Crippen MR) is 414 cm³/mol. The van der Waals surface area contributed by atoms with Crippen molar-refractivity contribution in [2.45, 2.75) is 119 Å². The van der Waals surface area contributed by atoms with Crippen LogP contribution in [0.2, 0.25) is 0 Å². The lowest BCUT2D eigenvalue weighted by Gasteiger charge is -2.30. The van der Waals surface area contributed by atoms with E-state index in [2.05, 4.69) is 60.4 Å². The standard InChI is InChI=1S/C41H60N18O11.C26H47N5O10.C3H8/c1-25(2)45-9-13-54(33(65)21-58-16-26(3)39(68)53-41(58)70)17-29(61)46-10-14-55(32(64)20-57-12-7-28(60)52-40(57)69)18-30(62)47-11-15-56(19-31(63)51-27(37(44)67)6-4-5-8-42)34(66)22-59-24-50-35-36(43)48-23-49-38(35)59;1-21(2)22(32)19-40-13-14-41-20-27-23(33)15-28-5-3-6-30(17-25(36)37)11-12-31(18-26(38)39)8-4-7-29(10-9-28)16-24(34)35;1-3-2/h7,12,16,23-25,27,45H,4-6,8-11,13-15,17-22,42H2,1-3H3,(H2,44,67)(H,46,61)(H,47,62)(H,51,63)(H2,43,48,49)(H,52,60,69)(H,53,68,70);21H,3-20H2,1-2H3,(H,27,33)(H,34,35)(H,36,37)(H,38,39);3H2,1-2H3. The maximum atomic E-state index is 13.8. The molecule has 44 heteroatoms. The molecule has 114 heavy (non-hydrogen) atoms. The highest BCUT2D eigenvalue weighted by atomic mass is 16.5. The number of rotatable bonds is 44. The number of nitrogen functional groups attached to an aromatic ring is 1. The molecule has 1 fully saturated rings. The molecule has 5 rings (SSSR count). The molecule has 1 unspecified atom stereocenters. The van der Waals surface area contributed by atoms with Crippen molar-refractivity contribution in [3.63, 3.8) is 0 Å². The average molecular weight is 1610 g/mol. The molecule has 0 aromatic carbocycles. The zero-order valence-electron chi connectivity index (χ0n) is 66.1. The summed E-state index contributed by atoms with van der Waals surface area (Å²) in [5.41, 5.74) is 14.6. The number of anilines is 1. The van der Waals surface area contributed by atoms with Crippen molar-refractivity contribution in [1.29, 1.82) is 0 Å². The van der Waals surface area contributed by atoms with Crippen molar-refractivity contribution in [1.82, 2.24) is 99.5 Å². The van der Waals surface area contributed by atoms with Crippen LogP contribution < -0.4 is 66.3 Å². The molecular formula is C70H115N23O21. The van der Waals surface area contributed by atoms with Crippen LogP contribution in [0.15, 0.2) is 50.3 Å².